The minimum atomic E-state index is -0.568. The molecule has 3 aliphatic heterocycles. The van der Waals surface area contributed by atoms with Crippen LogP contribution in [-0.4, -0.2) is 107 Å². The number of urea groups is 1. The smallest absolute Gasteiger partial charge is 0.321 e. The molecule has 0 saturated carbocycles. The second-order valence-electron chi connectivity index (χ2n) is 15.1. The maximum atomic E-state index is 15.1. The molecule has 2 aromatic heterocycles. The second kappa shape index (κ2) is 16.3. The number of aromatic nitrogens is 3. The van der Waals surface area contributed by atoms with Crippen LogP contribution in [0, 0.1) is 24.6 Å². The van der Waals surface area contributed by atoms with Crippen molar-refractivity contribution in [1.82, 2.24) is 30.1 Å². The highest BCUT2D eigenvalue weighted by molar-refractivity contribution is 5.97. The largest absolute Gasteiger partial charge is 0.490 e. The zero-order valence-electron chi connectivity index (χ0n) is 30.5. The first-order valence-corrected chi connectivity index (χ1v) is 18.9. The number of H-pyrrole nitrogens is 1. The van der Waals surface area contributed by atoms with Crippen LogP contribution in [0.3, 0.4) is 0 Å². The molecule has 52 heavy (non-hydrogen) atoms. The van der Waals surface area contributed by atoms with Crippen LogP contribution in [0.4, 0.5) is 14.9 Å². The lowest BCUT2D eigenvalue weighted by atomic mass is 9.95. The van der Waals surface area contributed by atoms with E-state index in [0.717, 1.165) is 93.8 Å². The van der Waals surface area contributed by atoms with E-state index in [-0.39, 0.29) is 24.6 Å². The van der Waals surface area contributed by atoms with Crippen molar-refractivity contribution in [2.24, 2.45) is 11.8 Å². The Labute approximate surface area is 305 Å². The molecule has 2 unspecified atom stereocenters. The van der Waals surface area contributed by atoms with E-state index in [1.807, 2.05) is 37.3 Å². The Hall–Kier alpha value is -4.10. The van der Waals surface area contributed by atoms with E-state index in [9.17, 15) is 9.90 Å². The molecule has 278 valence electrons. The number of benzene rings is 2. The second-order valence-corrected chi connectivity index (χ2v) is 15.1. The number of nitrogens with one attached hydrogen (secondary N) is 3. The van der Waals surface area contributed by atoms with Gasteiger partial charge in [-0.05, 0) is 112 Å². The van der Waals surface area contributed by atoms with Gasteiger partial charge < -0.3 is 40.0 Å². The number of likely N-dealkylation sites (tertiary alicyclic amines) is 2. The van der Waals surface area contributed by atoms with Gasteiger partial charge in [-0.2, -0.15) is 0 Å². The zero-order chi connectivity index (χ0) is 36.2. The summed E-state index contributed by atoms with van der Waals surface area (Å²) in [5.41, 5.74) is 4.64. The quantitative estimate of drug-likeness (QED) is 0.144. The summed E-state index contributed by atoms with van der Waals surface area (Å²) in [5, 5.41) is 17.6. The molecule has 12 heteroatoms. The van der Waals surface area contributed by atoms with E-state index >= 15 is 4.39 Å². The first-order chi connectivity index (χ1) is 25.2. The highest BCUT2D eigenvalue weighted by atomic mass is 19.1. The summed E-state index contributed by atoms with van der Waals surface area (Å²) in [4.78, 5) is 29.8. The highest BCUT2D eigenvalue weighted by Crippen LogP contribution is 2.35. The standard InChI is InChI=1S/C40H52FN7O4/c1-25(2)18-28-22-48(23-37(28)49)40(50)46-35-20-29(41)19-33(26(35)3)38-34-21-36(45-39(34)44-24-43-38)27-4-6-31(7-5-27)52-32-10-14-47(15-11-32)16-17-51-30-8-12-42-13-9-30/h4-7,19-21,24-25,28,30,32,37,42,49H,8-18,22-23H2,1-3H3,(H,46,50)(H,43,44,45). The van der Waals surface area contributed by atoms with Crippen LogP contribution in [-0.2, 0) is 4.74 Å². The van der Waals surface area contributed by atoms with Crippen molar-refractivity contribution in [3.05, 3.63) is 60.2 Å². The fraction of sp³-hybridized carbons (Fsp3) is 0.525. The molecule has 3 fully saturated rings. The molecule has 2 amide bonds. The molecule has 4 N–H and O–H groups in total. The van der Waals surface area contributed by atoms with E-state index in [4.69, 9.17) is 9.47 Å². The number of hydrogen-bond donors (Lipinski definition) is 4. The van der Waals surface area contributed by atoms with Gasteiger partial charge in [0, 0.05) is 61.0 Å². The summed E-state index contributed by atoms with van der Waals surface area (Å²) in [6, 6.07) is 12.5. The molecule has 7 rings (SSSR count). The number of carbonyl (C=O) groups is 1. The lowest BCUT2D eigenvalue weighted by Gasteiger charge is -2.32. The van der Waals surface area contributed by atoms with Crippen molar-refractivity contribution in [2.75, 3.05) is 57.7 Å². The third-order valence-electron chi connectivity index (χ3n) is 10.8. The van der Waals surface area contributed by atoms with E-state index < -0.39 is 11.9 Å². The van der Waals surface area contributed by atoms with Gasteiger partial charge in [-0.25, -0.2) is 19.2 Å². The SMILES string of the molecule is Cc1c(NC(=O)N2CC(O)C(CC(C)C)C2)cc(F)cc1-c1ncnc2[nH]c(-c3ccc(OC4CCN(CCOC5CCNCC5)CC4)cc3)cc12. The van der Waals surface area contributed by atoms with Crippen molar-refractivity contribution in [1.29, 1.82) is 0 Å². The lowest BCUT2D eigenvalue weighted by Crippen LogP contribution is -2.40. The predicted molar refractivity (Wildman–Crippen MR) is 201 cm³/mol. The number of rotatable bonds is 11. The van der Waals surface area contributed by atoms with Crippen LogP contribution in [0.15, 0.2) is 48.8 Å². The molecule has 5 heterocycles. The third kappa shape index (κ3) is 8.57. The molecule has 2 atom stereocenters. The van der Waals surface area contributed by atoms with Crippen molar-refractivity contribution in [3.8, 4) is 28.3 Å². The monoisotopic (exact) mass is 713 g/mol. The van der Waals surface area contributed by atoms with Gasteiger partial charge in [-0.3, -0.25) is 0 Å². The van der Waals surface area contributed by atoms with Crippen molar-refractivity contribution in [2.45, 2.75) is 71.2 Å². The number of carbonyl (C=O) groups excluding carboxylic acids is 1. The first-order valence-electron chi connectivity index (χ1n) is 18.9. The summed E-state index contributed by atoms with van der Waals surface area (Å²) in [6.45, 7) is 12.7. The van der Waals surface area contributed by atoms with Gasteiger partial charge in [0.2, 0.25) is 0 Å². The average molecular weight is 714 g/mol. The number of amides is 2. The maximum Gasteiger partial charge on any atom is 0.321 e. The van der Waals surface area contributed by atoms with Gasteiger partial charge in [0.05, 0.1) is 24.5 Å². The predicted octanol–water partition coefficient (Wildman–Crippen LogP) is 6.22. The Balaban J connectivity index is 0.984. The number of β-amino-alcohol motifs (C(OH)–C–C–N with tert-alkyl or cyclic N) is 1. The van der Waals surface area contributed by atoms with E-state index in [1.165, 1.54) is 18.5 Å². The number of fused-ring (bicyclic) bond motifs is 1. The number of halogens is 1. The number of ether oxygens (including phenoxy) is 2. The number of hydrogen-bond acceptors (Lipinski definition) is 8. The number of anilines is 1. The van der Waals surface area contributed by atoms with Crippen LogP contribution in [0.25, 0.3) is 33.5 Å². The number of aromatic amines is 1. The van der Waals surface area contributed by atoms with Crippen LogP contribution in [0.5, 0.6) is 5.75 Å². The Morgan fingerprint density at radius 3 is 2.56 bits per heavy atom. The van der Waals surface area contributed by atoms with E-state index in [1.54, 1.807) is 4.90 Å². The van der Waals surface area contributed by atoms with Crippen LogP contribution in [0.1, 0.15) is 51.5 Å². The summed E-state index contributed by atoms with van der Waals surface area (Å²) in [5.74, 6) is 0.804. The third-order valence-corrected chi connectivity index (χ3v) is 10.8. The summed E-state index contributed by atoms with van der Waals surface area (Å²) in [6.07, 6.45) is 6.51. The van der Waals surface area contributed by atoms with Crippen LogP contribution in [0.2, 0.25) is 0 Å². The molecule has 3 aliphatic rings. The fourth-order valence-electron chi connectivity index (χ4n) is 7.88. The van der Waals surface area contributed by atoms with E-state index in [2.05, 4.69) is 44.3 Å². The molecule has 3 saturated heterocycles. The van der Waals surface area contributed by atoms with Gasteiger partial charge in [-0.1, -0.05) is 13.8 Å². The normalized spacial score (nSPS) is 20.6. The Morgan fingerprint density at radius 1 is 1.04 bits per heavy atom. The minimum Gasteiger partial charge on any atom is -0.490 e. The van der Waals surface area contributed by atoms with Crippen molar-refractivity contribution >= 4 is 22.8 Å². The first kappa shape index (κ1) is 36.3. The Bertz CT molecular complexity index is 1820. The molecule has 4 aromatic rings. The molecular weight excluding hydrogens is 661 g/mol. The summed E-state index contributed by atoms with van der Waals surface area (Å²) < 4.78 is 27.6. The fourth-order valence-corrected chi connectivity index (χ4v) is 7.88. The molecule has 2 aromatic carbocycles. The van der Waals surface area contributed by atoms with Gasteiger partial charge in [-0.15, -0.1) is 0 Å². The van der Waals surface area contributed by atoms with Crippen LogP contribution < -0.4 is 15.4 Å². The van der Waals surface area contributed by atoms with Crippen LogP contribution >= 0.6 is 0 Å². The maximum absolute atomic E-state index is 15.1. The van der Waals surface area contributed by atoms with Gasteiger partial charge in [0.15, 0.2) is 0 Å². The lowest BCUT2D eigenvalue weighted by molar-refractivity contribution is 0.0111. The highest BCUT2D eigenvalue weighted by Gasteiger charge is 2.34. The van der Waals surface area contributed by atoms with Crippen molar-refractivity contribution < 1.29 is 23.8 Å². The van der Waals surface area contributed by atoms with Crippen molar-refractivity contribution in [3.63, 3.8) is 0 Å². The topological polar surface area (TPSA) is 128 Å². The Morgan fingerprint density at radius 2 is 1.81 bits per heavy atom. The molecule has 0 radical (unpaired) electrons. The average Bonchev–Trinajstić information content (AvgIpc) is 3.74. The number of piperidine rings is 2. The molecule has 0 spiro atoms. The molecule has 0 aliphatic carbocycles. The Kier molecular flexibility index (Phi) is 11.4. The zero-order valence-corrected chi connectivity index (χ0v) is 30.5. The number of aliphatic hydroxyl groups excluding tert-OH is 1. The molecule has 11 nitrogen and oxygen atoms in total. The summed E-state index contributed by atoms with van der Waals surface area (Å²) in [7, 11) is 0. The van der Waals surface area contributed by atoms with E-state index in [0.29, 0.717) is 46.7 Å². The van der Waals surface area contributed by atoms with Gasteiger partial charge >= 0.3 is 6.03 Å². The molecule has 0 bridgehead atoms. The molecular formula is C40H52FN7O4. The number of aliphatic hydroxyl groups is 1. The minimum absolute atomic E-state index is 0.0268. The van der Waals surface area contributed by atoms with Gasteiger partial charge in [0.1, 0.15) is 29.6 Å². The summed E-state index contributed by atoms with van der Waals surface area (Å²) >= 11 is 0. The number of nitrogens with zero attached hydrogens (tertiary/aromatic N) is 4. The van der Waals surface area contributed by atoms with Gasteiger partial charge in [0.25, 0.3) is 0 Å².